The van der Waals surface area contributed by atoms with Crippen molar-refractivity contribution in [1.29, 1.82) is 0 Å². The summed E-state index contributed by atoms with van der Waals surface area (Å²) in [6, 6.07) is 0. The van der Waals surface area contributed by atoms with Crippen LogP contribution in [-0.2, 0) is 17.6 Å². The van der Waals surface area contributed by atoms with E-state index in [1.54, 1.807) is 0 Å². The minimum absolute atomic E-state index is 0.419. The van der Waals surface area contributed by atoms with Crippen LogP contribution in [0.1, 0.15) is 49.2 Å². The highest BCUT2D eigenvalue weighted by Crippen LogP contribution is 2.30. The Hall–Kier alpha value is -1.20. The highest BCUT2D eigenvalue weighted by atomic mass is 16.5. The number of fused-ring (bicyclic) bond motifs is 1. The van der Waals surface area contributed by atoms with Gasteiger partial charge in [-0.3, -0.25) is 0 Å². The molecule has 1 saturated heterocycles. The molecule has 1 aliphatic carbocycles. The van der Waals surface area contributed by atoms with E-state index in [9.17, 15) is 0 Å². The van der Waals surface area contributed by atoms with Crippen LogP contribution in [0.25, 0.3) is 0 Å². The van der Waals surface area contributed by atoms with E-state index in [1.807, 2.05) is 6.92 Å². The first-order chi connectivity index (χ1) is 11.6. The summed E-state index contributed by atoms with van der Waals surface area (Å²) < 4.78 is 6.07. The van der Waals surface area contributed by atoms with Gasteiger partial charge in [-0.25, -0.2) is 9.97 Å². The molecule has 24 heavy (non-hydrogen) atoms. The Morgan fingerprint density at radius 2 is 1.88 bits per heavy atom. The quantitative estimate of drug-likeness (QED) is 0.749. The highest BCUT2D eigenvalue weighted by Gasteiger charge is 2.25. The smallest absolute Gasteiger partial charge is 0.135 e. The second kappa shape index (κ2) is 8.26. The number of hydrogen-bond acceptors (Lipinski definition) is 5. The fourth-order valence-electron chi connectivity index (χ4n) is 3.82. The van der Waals surface area contributed by atoms with E-state index in [1.165, 1.54) is 29.9 Å². The van der Waals surface area contributed by atoms with Crippen LogP contribution < -0.4 is 4.90 Å². The monoisotopic (exact) mass is 332 g/mol. The molecule has 2 aliphatic rings. The van der Waals surface area contributed by atoms with Crippen molar-refractivity contribution in [2.45, 2.75) is 58.0 Å². The minimum atomic E-state index is 0.419. The lowest BCUT2D eigenvalue weighted by Crippen LogP contribution is -2.38. The van der Waals surface area contributed by atoms with Gasteiger partial charge in [0, 0.05) is 31.0 Å². The summed E-state index contributed by atoms with van der Waals surface area (Å²) in [5, 5.41) is 0. The summed E-state index contributed by atoms with van der Waals surface area (Å²) in [6.07, 6.45) is 8.57. The molecule has 0 saturated carbocycles. The van der Waals surface area contributed by atoms with Crippen LogP contribution in [0.4, 0.5) is 5.82 Å². The number of hydrogen-bond donors (Lipinski definition) is 0. The number of rotatable bonds is 6. The molecular formula is C19H32N4O. The van der Waals surface area contributed by atoms with Crippen molar-refractivity contribution in [3.8, 4) is 0 Å². The molecule has 0 unspecified atom stereocenters. The maximum atomic E-state index is 6.07. The molecule has 0 spiro atoms. The molecule has 0 amide bonds. The highest BCUT2D eigenvalue weighted by molar-refractivity contribution is 5.50. The third kappa shape index (κ3) is 4.45. The third-order valence-corrected chi connectivity index (χ3v) is 5.12. The molecule has 0 bridgehead atoms. The normalized spacial score (nSPS) is 18.9. The predicted octanol–water partition coefficient (Wildman–Crippen LogP) is 2.60. The average Bonchev–Trinajstić information content (AvgIpc) is 2.58. The summed E-state index contributed by atoms with van der Waals surface area (Å²) >= 11 is 0. The Kier molecular flexibility index (Phi) is 6.06. The van der Waals surface area contributed by atoms with Gasteiger partial charge in [-0.05, 0) is 72.5 Å². The lowest BCUT2D eigenvalue weighted by Gasteiger charge is -2.35. The van der Waals surface area contributed by atoms with E-state index < -0.39 is 0 Å². The van der Waals surface area contributed by atoms with Gasteiger partial charge in [0.2, 0.25) is 0 Å². The summed E-state index contributed by atoms with van der Waals surface area (Å²) in [5.74, 6) is 2.14. The average molecular weight is 332 g/mol. The van der Waals surface area contributed by atoms with Crippen molar-refractivity contribution in [2.75, 3.05) is 45.2 Å². The van der Waals surface area contributed by atoms with E-state index in [2.05, 4.69) is 28.9 Å². The van der Waals surface area contributed by atoms with Gasteiger partial charge in [-0.2, -0.15) is 0 Å². The van der Waals surface area contributed by atoms with Gasteiger partial charge in [0.15, 0.2) is 0 Å². The number of aromatic nitrogens is 2. The molecule has 0 aromatic carbocycles. The van der Waals surface area contributed by atoms with E-state index in [0.29, 0.717) is 6.10 Å². The molecule has 0 atom stereocenters. The van der Waals surface area contributed by atoms with Gasteiger partial charge in [-0.15, -0.1) is 0 Å². The standard InChI is InChI=1S/C19H32N4O/c1-15-20-18-8-5-4-7-17(18)19(21-15)23-12-9-16(10-13-23)24-14-6-11-22(2)3/h16H,4-14H2,1-3H3. The van der Waals surface area contributed by atoms with Crippen LogP contribution in [0.15, 0.2) is 0 Å². The minimum Gasteiger partial charge on any atom is -0.378 e. The third-order valence-electron chi connectivity index (χ3n) is 5.12. The van der Waals surface area contributed by atoms with Crippen molar-refractivity contribution in [1.82, 2.24) is 14.9 Å². The van der Waals surface area contributed by atoms with E-state index in [-0.39, 0.29) is 0 Å². The van der Waals surface area contributed by atoms with Gasteiger partial charge in [0.25, 0.3) is 0 Å². The molecule has 5 heteroatoms. The second-order valence-electron chi connectivity index (χ2n) is 7.44. The first-order valence-electron chi connectivity index (χ1n) is 9.51. The molecule has 0 radical (unpaired) electrons. The number of nitrogens with zero attached hydrogens (tertiary/aromatic N) is 4. The largest absolute Gasteiger partial charge is 0.378 e. The molecule has 1 aliphatic heterocycles. The summed E-state index contributed by atoms with van der Waals surface area (Å²) in [4.78, 5) is 14.2. The predicted molar refractivity (Wildman–Crippen MR) is 97.8 cm³/mol. The Labute approximate surface area is 146 Å². The number of aryl methyl sites for hydroxylation is 2. The maximum Gasteiger partial charge on any atom is 0.135 e. The fraction of sp³-hybridized carbons (Fsp3) is 0.789. The number of ether oxygens (including phenoxy) is 1. The van der Waals surface area contributed by atoms with Crippen LogP contribution in [0.2, 0.25) is 0 Å². The van der Waals surface area contributed by atoms with E-state index in [0.717, 1.165) is 64.2 Å². The number of anilines is 1. The molecular weight excluding hydrogens is 300 g/mol. The van der Waals surface area contributed by atoms with Gasteiger partial charge in [0.1, 0.15) is 11.6 Å². The molecule has 1 aromatic rings. The first-order valence-corrected chi connectivity index (χ1v) is 9.51. The van der Waals surface area contributed by atoms with Crippen LogP contribution in [-0.4, -0.2) is 61.3 Å². The molecule has 0 N–H and O–H groups in total. The molecule has 3 rings (SSSR count). The first kappa shape index (κ1) is 17.6. The van der Waals surface area contributed by atoms with Crippen LogP contribution >= 0.6 is 0 Å². The van der Waals surface area contributed by atoms with E-state index in [4.69, 9.17) is 9.72 Å². The summed E-state index contributed by atoms with van der Waals surface area (Å²) in [6.45, 7) is 6.12. The Morgan fingerprint density at radius 1 is 1.12 bits per heavy atom. The van der Waals surface area contributed by atoms with Crippen molar-refractivity contribution in [3.63, 3.8) is 0 Å². The van der Waals surface area contributed by atoms with Crippen LogP contribution in [0.3, 0.4) is 0 Å². The Balaban J connectivity index is 1.54. The van der Waals surface area contributed by atoms with Crippen molar-refractivity contribution >= 4 is 5.82 Å². The van der Waals surface area contributed by atoms with Gasteiger partial charge in [-0.1, -0.05) is 0 Å². The van der Waals surface area contributed by atoms with Crippen molar-refractivity contribution in [2.24, 2.45) is 0 Å². The van der Waals surface area contributed by atoms with Gasteiger partial charge in [0.05, 0.1) is 6.10 Å². The topological polar surface area (TPSA) is 41.5 Å². The summed E-state index contributed by atoms with van der Waals surface area (Å²) in [5.41, 5.74) is 2.71. The SMILES string of the molecule is Cc1nc2c(c(N3CCC(OCCCN(C)C)CC3)n1)CCCC2. The molecule has 1 fully saturated rings. The summed E-state index contributed by atoms with van der Waals surface area (Å²) in [7, 11) is 4.23. The fourth-order valence-corrected chi connectivity index (χ4v) is 3.82. The molecule has 134 valence electrons. The number of piperidine rings is 1. The van der Waals surface area contributed by atoms with Crippen LogP contribution in [0.5, 0.6) is 0 Å². The Bertz CT molecular complexity index is 538. The second-order valence-corrected chi connectivity index (χ2v) is 7.44. The van der Waals surface area contributed by atoms with E-state index >= 15 is 0 Å². The van der Waals surface area contributed by atoms with Crippen molar-refractivity contribution < 1.29 is 4.74 Å². The molecule has 5 nitrogen and oxygen atoms in total. The van der Waals surface area contributed by atoms with Gasteiger partial charge < -0.3 is 14.5 Å². The zero-order valence-electron chi connectivity index (χ0n) is 15.6. The molecule has 2 heterocycles. The zero-order chi connectivity index (χ0) is 16.9. The maximum absolute atomic E-state index is 6.07. The van der Waals surface area contributed by atoms with Crippen molar-refractivity contribution in [3.05, 3.63) is 17.1 Å². The van der Waals surface area contributed by atoms with Crippen LogP contribution in [0, 0.1) is 6.92 Å². The zero-order valence-corrected chi connectivity index (χ0v) is 15.6. The lowest BCUT2D eigenvalue weighted by atomic mass is 9.95. The lowest BCUT2D eigenvalue weighted by molar-refractivity contribution is 0.0332. The van der Waals surface area contributed by atoms with Gasteiger partial charge >= 0.3 is 0 Å². The Morgan fingerprint density at radius 3 is 2.62 bits per heavy atom. The molecule has 1 aromatic heterocycles.